The molecule has 1 aliphatic rings. The van der Waals surface area contributed by atoms with Gasteiger partial charge in [0.15, 0.2) is 0 Å². The minimum absolute atomic E-state index is 0.956. The molecule has 0 bridgehead atoms. The van der Waals surface area contributed by atoms with Crippen LogP contribution in [0.2, 0.25) is 0 Å². The number of hydrogen-bond donors (Lipinski definition) is 0. The molecule has 86 valence electrons. The molecule has 1 aliphatic carbocycles. The first-order valence-corrected chi connectivity index (χ1v) is 5.96. The second kappa shape index (κ2) is 3.84. The third-order valence-corrected chi connectivity index (χ3v) is 3.30. The Labute approximate surface area is 101 Å². The van der Waals surface area contributed by atoms with Gasteiger partial charge in [0.2, 0.25) is 0 Å². The summed E-state index contributed by atoms with van der Waals surface area (Å²) in [6, 6.07) is 6.43. The summed E-state index contributed by atoms with van der Waals surface area (Å²) in [6.07, 6.45) is 6.47. The summed E-state index contributed by atoms with van der Waals surface area (Å²) in [5.41, 5.74) is 6.38. The zero-order chi connectivity index (χ0) is 11.8. The van der Waals surface area contributed by atoms with E-state index < -0.39 is 0 Å². The molecule has 17 heavy (non-hydrogen) atoms. The first-order valence-electron chi connectivity index (χ1n) is 5.96. The Morgan fingerprint density at radius 2 is 2.24 bits per heavy atom. The Balaban J connectivity index is 2.14. The van der Waals surface area contributed by atoms with Crippen LogP contribution in [0.4, 0.5) is 0 Å². The summed E-state index contributed by atoms with van der Waals surface area (Å²) in [5, 5.41) is 8.20. The predicted molar refractivity (Wildman–Crippen MR) is 68.4 cm³/mol. The number of fused-ring (bicyclic) bond motifs is 1. The highest BCUT2D eigenvalue weighted by molar-refractivity contribution is 5.78. The van der Waals surface area contributed by atoms with Crippen molar-refractivity contribution >= 4 is 6.08 Å². The lowest BCUT2D eigenvalue weighted by molar-refractivity contribution is 0.715. The summed E-state index contributed by atoms with van der Waals surface area (Å²) in [4.78, 5) is 0. The van der Waals surface area contributed by atoms with Crippen LogP contribution in [-0.2, 0) is 13.5 Å². The second-order valence-corrected chi connectivity index (χ2v) is 4.49. The maximum atomic E-state index is 4.20. The topological polar surface area (TPSA) is 30.7 Å². The smallest absolute Gasteiger partial charge is 0.113 e. The Morgan fingerprint density at radius 3 is 2.94 bits per heavy atom. The van der Waals surface area contributed by atoms with Gasteiger partial charge in [0, 0.05) is 12.6 Å². The van der Waals surface area contributed by atoms with E-state index in [0.29, 0.717) is 0 Å². The molecule has 2 aromatic rings. The lowest BCUT2D eigenvalue weighted by Crippen LogP contribution is -1.87. The summed E-state index contributed by atoms with van der Waals surface area (Å²) in [5.74, 6) is 0. The molecule has 0 atom stereocenters. The standard InChI is InChI=1S/C14H15N3/c1-3-10-7-11-5-4-6-12(13(11)8-10)14-9-17(2)16-15-14/h4-6,8-9H,3,7H2,1-2H3. The van der Waals surface area contributed by atoms with Crippen LogP contribution in [0, 0.1) is 0 Å². The summed E-state index contributed by atoms with van der Waals surface area (Å²) >= 11 is 0. The van der Waals surface area contributed by atoms with Crippen LogP contribution in [0.25, 0.3) is 17.3 Å². The van der Waals surface area contributed by atoms with Crippen LogP contribution in [-0.4, -0.2) is 15.0 Å². The van der Waals surface area contributed by atoms with Crippen LogP contribution in [0.3, 0.4) is 0 Å². The molecule has 3 heteroatoms. The second-order valence-electron chi connectivity index (χ2n) is 4.49. The molecule has 3 nitrogen and oxygen atoms in total. The summed E-state index contributed by atoms with van der Waals surface area (Å²) in [7, 11) is 1.90. The summed E-state index contributed by atoms with van der Waals surface area (Å²) < 4.78 is 1.74. The highest BCUT2D eigenvalue weighted by Gasteiger charge is 2.16. The molecular weight excluding hydrogens is 210 g/mol. The Morgan fingerprint density at radius 1 is 1.35 bits per heavy atom. The van der Waals surface area contributed by atoms with E-state index in [0.717, 1.165) is 18.5 Å². The average Bonchev–Trinajstić information content (AvgIpc) is 2.93. The van der Waals surface area contributed by atoms with E-state index >= 15 is 0 Å². The number of allylic oxidation sites excluding steroid dienone is 1. The Bertz CT molecular complexity index is 593. The number of rotatable bonds is 2. The fraction of sp³-hybridized carbons (Fsp3) is 0.286. The van der Waals surface area contributed by atoms with Crippen molar-refractivity contribution in [2.45, 2.75) is 19.8 Å². The molecule has 1 aromatic heterocycles. The van der Waals surface area contributed by atoms with Crippen molar-refractivity contribution in [2.75, 3.05) is 0 Å². The minimum atomic E-state index is 0.956. The quantitative estimate of drug-likeness (QED) is 0.786. The van der Waals surface area contributed by atoms with Crippen molar-refractivity contribution in [1.29, 1.82) is 0 Å². The highest BCUT2D eigenvalue weighted by Crippen LogP contribution is 2.33. The largest absolute Gasteiger partial charge is 0.255 e. The monoisotopic (exact) mass is 225 g/mol. The van der Waals surface area contributed by atoms with E-state index in [9.17, 15) is 0 Å². The van der Waals surface area contributed by atoms with Gasteiger partial charge >= 0.3 is 0 Å². The van der Waals surface area contributed by atoms with Crippen LogP contribution in [0.5, 0.6) is 0 Å². The SMILES string of the molecule is CCC1=Cc2c(cccc2-c2cn(C)nn2)C1. The van der Waals surface area contributed by atoms with E-state index in [1.807, 2.05) is 13.2 Å². The molecule has 0 saturated heterocycles. The molecule has 0 N–H and O–H groups in total. The van der Waals surface area contributed by atoms with Crippen LogP contribution in [0.1, 0.15) is 24.5 Å². The van der Waals surface area contributed by atoms with Crippen molar-refractivity contribution < 1.29 is 0 Å². The molecule has 1 heterocycles. The number of nitrogens with zero attached hydrogens (tertiary/aromatic N) is 3. The average molecular weight is 225 g/mol. The number of aryl methyl sites for hydroxylation is 1. The van der Waals surface area contributed by atoms with Gasteiger partial charge in [0.25, 0.3) is 0 Å². The Hall–Kier alpha value is -1.90. The first kappa shape index (κ1) is 10.3. The third-order valence-electron chi connectivity index (χ3n) is 3.30. The molecule has 0 spiro atoms. The highest BCUT2D eigenvalue weighted by atomic mass is 15.4. The number of hydrogen-bond acceptors (Lipinski definition) is 2. The minimum Gasteiger partial charge on any atom is -0.255 e. The van der Waals surface area contributed by atoms with E-state index in [-0.39, 0.29) is 0 Å². The predicted octanol–water partition coefficient (Wildman–Crippen LogP) is 2.83. The fourth-order valence-electron chi connectivity index (χ4n) is 2.36. The van der Waals surface area contributed by atoms with E-state index in [1.165, 1.54) is 22.3 Å². The van der Waals surface area contributed by atoms with Gasteiger partial charge in [-0.3, -0.25) is 4.68 Å². The fourth-order valence-corrected chi connectivity index (χ4v) is 2.36. The van der Waals surface area contributed by atoms with E-state index in [2.05, 4.69) is 41.5 Å². The number of benzene rings is 1. The maximum absolute atomic E-state index is 4.20. The maximum Gasteiger partial charge on any atom is 0.113 e. The van der Waals surface area contributed by atoms with Gasteiger partial charge in [-0.25, -0.2) is 0 Å². The van der Waals surface area contributed by atoms with Crippen molar-refractivity contribution in [3.05, 3.63) is 41.1 Å². The van der Waals surface area contributed by atoms with Gasteiger partial charge in [-0.1, -0.05) is 42.0 Å². The molecule has 0 amide bonds. The van der Waals surface area contributed by atoms with Gasteiger partial charge < -0.3 is 0 Å². The van der Waals surface area contributed by atoms with Gasteiger partial charge in [0.1, 0.15) is 5.69 Å². The molecule has 0 fully saturated rings. The lowest BCUT2D eigenvalue weighted by Gasteiger charge is -2.03. The van der Waals surface area contributed by atoms with Crippen LogP contribution in [0.15, 0.2) is 30.0 Å². The van der Waals surface area contributed by atoms with Gasteiger partial charge in [-0.05, 0) is 24.0 Å². The van der Waals surface area contributed by atoms with E-state index in [1.54, 1.807) is 4.68 Å². The summed E-state index contributed by atoms with van der Waals surface area (Å²) in [6.45, 7) is 2.21. The van der Waals surface area contributed by atoms with Gasteiger partial charge in [-0.15, -0.1) is 5.10 Å². The van der Waals surface area contributed by atoms with Crippen molar-refractivity contribution in [1.82, 2.24) is 15.0 Å². The zero-order valence-electron chi connectivity index (χ0n) is 10.1. The number of aromatic nitrogens is 3. The van der Waals surface area contributed by atoms with Gasteiger partial charge in [0.05, 0.1) is 6.20 Å². The lowest BCUT2D eigenvalue weighted by atomic mass is 10.0. The Kier molecular flexibility index (Phi) is 2.32. The normalized spacial score (nSPS) is 13.6. The zero-order valence-corrected chi connectivity index (χ0v) is 10.1. The molecule has 1 aromatic carbocycles. The van der Waals surface area contributed by atoms with Crippen molar-refractivity contribution in [3.8, 4) is 11.3 Å². The first-order chi connectivity index (χ1) is 8.28. The van der Waals surface area contributed by atoms with Crippen molar-refractivity contribution in [2.24, 2.45) is 7.05 Å². The molecule has 0 unspecified atom stereocenters. The third kappa shape index (κ3) is 1.68. The molecular formula is C14H15N3. The molecule has 3 rings (SSSR count). The molecule has 0 saturated carbocycles. The van der Waals surface area contributed by atoms with Crippen molar-refractivity contribution in [3.63, 3.8) is 0 Å². The van der Waals surface area contributed by atoms with Crippen LogP contribution >= 0.6 is 0 Å². The van der Waals surface area contributed by atoms with Gasteiger partial charge in [-0.2, -0.15) is 0 Å². The van der Waals surface area contributed by atoms with E-state index in [4.69, 9.17) is 0 Å². The molecule has 0 radical (unpaired) electrons. The van der Waals surface area contributed by atoms with Crippen LogP contribution < -0.4 is 0 Å². The molecule has 0 aliphatic heterocycles.